The van der Waals surface area contributed by atoms with Gasteiger partial charge in [-0.05, 0) is 37.3 Å². The van der Waals surface area contributed by atoms with Gasteiger partial charge in [-0.15, -0.1) is 0 Å². The summed E-state index contributed by atoms with van der Waals surface area (Å²) in [6, 6.07) is 5.85. The van der Waals surface area contributed by atoms with Crippen LogP contribution in [0, 0.1) is 6.92 Å². The molecule has 2 aromatic rings. The van der Waals surface area contributed by atoms with Crippen molar-refractivity contribution in [3.63, 3.8) is 0 Å². The third-order valence-electron chi connectivity index (χ3n) is 4.37. The Balaban J connectivity index is 1.62. The van der Waals surface area contributed by atoms with Crippen molar-refractivity contribution in [2.75, 3.05) is 26.2 Å². The number of carbonyl (C=O) groups is 2. The van der Waals surface area contributed by atoms with Gasteiger partial charge in [0.1, 0.15) is 0 Å². The molecule has 3 rings (SSSR count). The molecule has 1 saturated heterocycles. The summed E-state index contributed by atoms with van der Waals surface area (Å²) in [6.45, 7) is 3.08. The van der Waals surface area contributed by atoms with E-state index in [-0.39, 0.29) is 23.1 Å². The van der Waals surface area contributed by atoms with E-state index in [4.69, 9.17) is 4.42 Å². The molecule has 0 unspecified atom stereocenters. The molecule has 8 heteroatoms. The molecule has 1 fully saturated rings. The predicted molar refractivity (Wildman–Crippen MR) is 86.7 cm³/mol. The van der Waals surface area contributed by atoms with Crippen LogP contribution < -0.4 is 0 Å². The molecule has 2 heterocycles. The van der Waals surface area contributed by atoms with Crippen molar-refractivity contribution < 1.29 is 27.2 Å². The van der Waals surface area contributed by atoms with Crippen molar-refractivity contribution in [3.8, 4) is 0 Å². The Hall–Kier alpha value is -2.77. The maximum absolute atomic E-state index is 12.6. The molecule has 0 radical (unpaired) electrons. The van der Waals surface area contributed by atoms with E-state index in [1.54, 1.807) is 17.9 Å². The number of aryl methyl sites for hydroxylation is 1. The summed E-state index contributed by atoms with van der Waals surface area (Å²) in [4.78, 5) is 28.0. The third-order valence-corrected chi connectivity index (χ3v) is 4.37. The first-order valence-electron chi connectivity index (χ1n) is 8.07. The molecule has 1 aliphatic rings. The number of amides is 2. The van der Waals surface area contributed by atoms with Gasteiger partial charge in [-0.2, -0.15) is 13.2 Å². The first kappa shape index (κ1) is 18.0. The van der Waals surface area contributed by atoms with Crippen LogP contribution in [0.25, 0.3) is 0 Å². The fourth-order valence-electron chi connectivity index (χ4n) is 2.83. The second-order valence-corrected chi connectivity index (χ2v) is 6.09. The molecule has 0 N–H and O–H groups in total. The normalized spacial score (nSPS) is 15.2. The van der Waals surface area contributed by atoms with E-state index in [1.165, 1.54) is 23.3 Å². The van der Waals surface area contributed by atoms with E-state index in [1.807, 2.05) is 0 Å². The van der Waals surface area contributed by atoms with Crippen LogP contribution in [0.4, 0.5) is 13.2 Å². The van der Waals surface area contributed by atoms with Gasteiger partial charge >= 0.3 is 6.18 Å². The topological polar surface area (TPSA) is 53.8 Å². The average Bonchev–Trinajstić information content (AvgIpc) is 3.06. The van der Waals surface area contributed by atoms with Crippen LogP contribution in [-0.2, 0) is 6.18 Å². The van der Waals surface area contributed by atoms with E-state index in [0.29, 0.717) is 26.2 Å². The van der Waals surface area contributed by atoms with Crippen LogP contribution in [0.2, 0.25) is 0 Å². The summed E-state index contributed by atoms with van der Waals surface area (Å²) in [7, 11) is 0. The second-order valence-electron chi connectivity index (χ2n) is 6.09. The predicted octanol–water partition coefficient (Wildman–Crippen LogP) is 3.21. The molecule has 138 valence electrons. The number of piperazine rings is 1. The molecule has 5 nitrogen and oxygen atoms in total. The number of hydrogen-bond donors (Lipinski definition) is 0. The van der Waals surface area contributed by atoms with Gasteiger partial charge in [-0.25, -0.2) is 0 Å². The number of halogens is 3. The maximum Gasteiger partial charge on any atom is 0.416 e. The lowest BCUT2D eigenvalue weighted by atomic mass is 10.1. The van der Waals surface area contributed by atoms with Gasteiger partial charge in [-0.1, -0.05) is 0 Å². The molecule has 0 bridgehead atoms. The van der Waals surface area contributed by atoms with Crippen molar-refractivity contribution in [2.45, 2.75) is 13.1 Å². The standard InChI is InChI=1S/C18H17F3N2O3/c1-12-6-11-26-15(12)17(25)23-9-7-22(8-10-23)16(24)13-2-4-14(5-3-13)18(19,20)21/h2-6,11H,7-10H2,1H3. The van der Waals surface area contributed by atoms with Crippen molar-refractivity contribution in [1.82, 2.24) is 9.80 Å². The molecule has 1 aromatic carbocycles. The van der Waals surface area contributed by atoms with Gasteiger partial charge in [0.15, 0.2) is 5.76 Å². The smallest absolute Gasteiger partial charge is 0.416 e. The minimum Gasteiger partial charge on any atom is -0.459 e. The number of nitrogens with zero attached hydrogens (tertiary/aromatic N) is 2. The Bertz CT molecular complexity index is 804. The number of hydrogen-bond acceptors (Lipinski definition) is 3. The van der Waals surface area contributed by atoms with Gasteiger partial charge in [0.2, 0.25) is 0 Å². The van der Waals surface area contributed by atoms with E-state index in [9.17, 15) is 22.8 Å². The minimum absolute atomic E-state index is 0.194. The Labute approximate surface area is 148 Å². The molecule has 0 atom stereocenters. The summed E-state index contributed by atoms with van der Waals surface area (Å²) in [6.07, 6.45) is -2.98. The van der Waals surface area contributed by atoms with E-state index in [0.717, 1.165) is 17.7 Å². The number of alkyl halides is 3. The van der Waals surface area contributed by atoms with Crippen molar-refractivity contribution in [1.29, 1.82) is 0 Å². The highest BCUT2D eigenvalue weighted by molar-refractivity contribution is 5.95. The summed E-state index contributed by atoms with van der Waals surface area (Å²) in [5.74, 6) is -0.290. The van der Waals surface area contributed by atoms with Gasteiger partial charge in [0, 0.05) is 37.3 Å². The lowest BCUT2D eigenvalue weighted by Gasteiger charge is -2.34. The summed E-state index contributed by atoms with van der Waals surface area (Å²) >= 11 is 0. The van der Waals surface area contributed by atoms with Gasteiger partial charge in [-0.3, -0.25) is 9.59 Å². The third kappa shape index (κ3) is 3.58. The zero-order chi connectivity index (χ0) is 18.9. The minimum atomic E-state index is -4.43. The Morgan fingerprint density at radius 1 is 0.923 bits per heavy atom. The molecule has 0 spiro atoms. The maximum atomic E-state index is 12.6. The Kier molecular flexibility index (Phi) is 4.76. The highest BCUT2D eigenvalue weighted by atomic mass is 19.4. The molecular formula is C18H17F3N2O3. The monoisotopic (exact) mass is 366 g/mol. The number of benzene rings is 1. The van der Waals surface area contributed by atoms with Gasteiger partial charge < -0.3 is 14.2 Å². The average molecular weight is 366 g/mol. The molecule has 26 heavy (non-hydrogen) atoms. The fourth-order valence-corrected chi connectivity index (χ4v) is 2.83. The molecule has 0 saturated carbocycles. The fraction of sp³-hybridized carbons (Fsp3) is 0.333. The van der Waals surface area contributed by atoms with E-state index in [2.05, 4.69) is 0 Å². The van der Waals surface area contributed by atoms with Crippen LogP contribution in [0.5, 0.6) is 0 Å². The first-order valence-corrected chi connectivity index (χ1v) is 8.07. The van der Waals surface area contributed by atoms with E-state index >= 15 is 0 Å². The van der Waals surface area contributed by atoms with Crippen LogP contribution in [0.1, 0.15) is 32.0 Å². The first-order chi connectivity index (χ1) is 12.3. The number of furan rings is 1. The van der Waals surface area contributed by atoms with Gasteiger partial charge in [0.25, 0.3) is 11.8 Å². The number of carbonyl (C=O) groups excluding carboxylic acids is 2. The lowest BCUT2D eigenvalue weighted by molar-refractivity contribution is -0.137. The lowest BCUT2D eigenvalue weighted by Crippen LogP contribution is -2.50. The molecule has 0 aliphatic carbocycles. The summed E-state index contributed by atoms with van der Waals surface area (Å²) < 4.78 is 43.0. The van der Waals surface area contributed by atoms with Crippen LogP contribution in [0.15, 0.2) is 41.0 Å². The summed E-state index contributed by atoms with van der Waals surface area (Å²) in [5.41, 5.74) is 0.149. The molecule has 1 aromatic heterocycles. The zero-order valence-electron chi connectivity index (χ0n) is 14.0. The zero-order valence-corrected chi connectivity index (χ0v) is 14.0. The van der Waals surface area contributed by atoms with E-state index < -0.39 is 11.7 Å². The van der Waals surface area contributed by atoms with Crippen molar-refractivity contribution >= 4 is 11.8 Å². The quantitative estimate of drug-likeness (QED) is 0.820. The number of rotatable bonds is 2. The molecule has 1 aliphatic heterocycles. The Morgan fingerprint density at radius 3 is 1.92 bits per heavy atom. The SMILES string of the molecule is Cc1ccoc1C(=O)N1CCN(C(=O)c2ccc(C(F)(F)F)cc2)CC1. The Morgan fingerprint density at radius 2 is 1.46 bits per heavy atom. The van der Waals surface area contributed by atoms with Crippen LogP contribution in [-0.4, -0.2) is 47.8 Å². The molecular weight excluding hydrogens is 349 g/mol. The van der Waals surface area contributed by atoms with Crippen LogP contribution >= 0.6 is 0 Å². The van der Waals surface area contributed by atoms with Crippen molar-refractivity contribution in [3.05, 3.63) is 59.0 Å². The van der Waals surface area contributed by atoms with Crippen LogP contribution in [0.3, 0.4) is 0 Å². The van der Waals surface area contributed by atoms with Crippen molar-refractivity contribution in [2.24, 2.45) is 0 Å². The summed E-state index contributed by atoms with van der Waals surface area (Å²) in [5, 5.41) is 0. The highest BCUT2D eigenvalue weighted by Crippen LogP contribution is 2.29. The second kappa shape index (κ2) is 6.86. The highest BCUT2D eigenvalue weighted by Gasteiger charge is 2.31. The largest absolute Gasteiger partial charge is 0.459 e. The molecule has 2 amide bonds. The van der Waals surface area contributed by atoms with Gasteiger partial charge in [0.05, 0.1) is 11.8 Å².